The van der Waals surface area contributed by atoms with E-state index in [1.165, 1.54) is 0 Å². The van der Waals surface area contributed by atoms with E-state index in [0.717, 1.165) is 18.7 Å². The number of aromatic nitrogens is 1. The molecule has 140 valence electrons. The number of amides is 1. The number of rotatable bonds is 2. The van der Waals surface area contributed by atoms with Gasteiger partial charge in [0.1, 0.15) is 5.75 Å². The van der Waals surface area contributed by atoms with Gasteiger partial charge >= 0.3 is 0 Å². The summed E-state index contributed by atoms with van der Waals surface area (Å²) in [6.07, 6.45) is 1.05. The van der Waals surface area contributed by atoms with E-state index in [4.69, 9.17) is 17.0 Å². The van der Waals surface area contributed by atoms with Gasteiger partial charge in [-0.05, 0) is 54.9 Å². The van der Waals surface area contributed by atoms with Crippen LogP contribution >= 0.6 is 12.2 Å². The van der Waals surface area contributed by atoms with Crippen LogP contribution in [-0.2, 0) is 6.54 Å². The average molecular weight is 383 g/mol. The summed E-state index contributed by atoms with van der Waals surface area (Å²) in [6.45, 7) is 2.16. The average Bonchev–Trinajstić information content (AvgIpc) is 2.68. The van der Waals surface area contributed by atoms with Crippen molar-refractivity contribution in [2.24, 2.45) is 5.92 Å². The van der Waals surface area contributed by atoms with Crippen molar-refractivity contribution in [1.82, 2.24) is 14.8 Å². The Hall–Kier alpha value is -2.67. The predicted molar refractivity (Wildman–Crippen MR) is 106 cm³/mol. The van der Waals surface area contributed by atoms with Gasteiger partial charge in [-0.1, -0.05) is 6.07 Å². The highest BCUT2D eigenvalue weighted by Crippen LogP contribution is 2.34. The van der Waals surface area contributed by atoms with Gasteiger partial charge in [0.15, 0.2) is 5.11 Å². The highest BCUT2D eigenvalue weighted by Gasteiger charge is 2.35. The Labute approximate surface area is 162 Å². The SMILES string of the molecule is COc1ccc(C(=O)NC(=S)N2C[C@@H]3C[C@H](C2)c2cccc(=O)n2C3)cc1. The predicted octanol–water partition coefficient (Wildman–Crippen LogP) is 1.99. The molecule has 1 fully saturated rings. The van der Waals surface area contributed by atoms with Crippen LogP contribution in [0.4, 0.5) is 0 Å². The molecule has 1 N–H and O–H groups in total. The fourth-order valence-electron chi connectivity index (χ4n) is 4.05. The van der Waals surface area contributed by atoms with Gasteiger partial charge in [0.05, 0.1) is 7.11 Å². The van der Waals surface area contributed by atoms with E-state index >= 15 is 0 Å². The zero-order valence-corrected chi connectivity index (χ0v) is 15.9. The van der Waals surface area contributed by atoms with E-state index in [1.54, 1.807) is 37.4 Å². The third-order valence-corrected chi connectivity index (χ3v) is 5.70. The highest BCUT2D eigenvalue weighted by atomic mass is 32.1. The first-order valence-electron chi connectivity index (χ1n) is 8.99. The maximum atomic E-state index is 12.5. The summed E-state index contributed by atoms with van der Waals surface area (Å²) >= 11 is 5.50. The molecule has 2 atom stereocenters. The Kier molecular flexibility index (Phi) is 4.70. The second kappa shape index (κ2) is 7.15. The number of carbonyl (C=O) groups is 1. The minimum Gasteiger partial charge on any atom is -0.497 e. The molecule has 0 aliphatic carbocycles. The van der Waals surface area contributed by atoms with E-state index in [1.807, 2.05) is 16.7 Å². The number of pyridine rings is 1. The first kappa shape index (κ1) is 17.7. The van der Waals surface area contributed by atoms with Gasteiger partial charge in [-0.15, -0.1) is 0 Å². The number of carbonyl (C=O) groups excluding carboxylic acids is 1. The molecule has 2 aliphatic heterocycles. The van der Waals surface area contributed by atoms with E-state index in [2.05, 4.69) is 10.2 Å². The molecule has 1 amide bonds. The summed E-state index contributed by atoms with van der Waals surface area (Å²) in [5.74, 6) is 1.08. The molecule has 3 heterocycles. The number of piperidine rings is 1. The topological polar surface area (TPSA) is 63.6 Å². The maximum absolute atomic E-state index is 12.5. The molecule has 2 bridgehead atoms. The van der Waals surface area contributed by atoms with E-state index in [-0.39, 0.29) is 17.4 Å². The molecule has 1 saturated heterocycles. The molecule has 0 unspecified atom stereocenters. The summed E-state index contributed by atoms with van der Waals surface area (Å²) in [7, 11) is 1.59. The van der Waals surface area contributed by atoms with E-state index < -0.39 is 0 Å². The molecule has 2 aliphatic rings. The monoisotopic (exact) mass is 383 g/mol. The largest absolute Gasteiger partial charge is 0.497 e. The molecule has 27 heavy (non-hydrogen) atoms. The minimum absolute atomic E-state index is 0.0611. The molecule has 2 aromatic rings. The van der Waals surface area contributed by atoms with Crippen molar-refractivity contribution in [2.45, 2.75) is 18.9 Å². The normalized spacial score (nSPS) is 20.6. The van der Waals surface area contributed by atoms with E-state index in [9.17, 15) is 9.59 Å². The van der Waals surface area contributed by atoms with Crippen LogP contribution in [0, 0.1) is 5.92 Å². The zero-order chi connectivity index (χ0) is 19.0. The number of likely N-dealkylation sites (tertiary alicyclic amines) is 1. The van der Waals surface area contributed by atoms with Crippen molar-refractivity contribution in [3.63, 3.8) is 0 Å². The second-order valence-corrected chi connectivity index (χ2v) is 7.48. The number of hydrogen-bond acceptors (Lipinski definition) is 4. The first-order chi connectivity index (χ1) is 13.0. The number of fused-ring (bicyclic) bond motifs is 4. The van der Waals surface area contributed by atoms with Crippen LogP contribution in [0.3, 0.4) is 0 Å². The molecule has 0 radical (unpaired) electrons. The number of nitrogens with one attached hydrogen (secondary N) is 1. The summed E-state index contributed by atoms with van der Waals surface area (Å²) < 4.78 is 7.00. The van der Waals surface area contributed by atoms with Crippen molar-refractivity contribution in [3.05, 3.63) is 64.1 Å². The van der Waals surface area contributed by atoms with E-state index in [0.29, 0.717) is 35.4 Å². The lowest BCUT2D eigenvalue weighted by Gasteiger charge is -2.43. The van der Waals surface area contributed by atoms with Crippen LogP contribution in [-0.4, -0.2) is 40.7 Å². The molecule has 6 nitrogen and oxygen atoms in total. The number of nitrogens with zero attached hydrogens (tertiary/aromatic N) is 2. The van der Waals surface area contributed by atoms with Crippen LogP contribution in [0.2, 0.25) is 0 Å². The molecule has 1 aromatic heterocycles. The fourth-order valence-corrected chi connectivity index (χ4v) is 4.29. The Morgan fingerprint density at radius 2 is 1.93 bits per heavy atom. The fraction of sp³-hybridized carbons (Fsp3) is 0.350. The Balaban J connectivity index is 1.46. The Morgan fingerprint density at radius 1 is 1.15 bits per heavy atom. The quantitative estimate of drug-likeness (QED) is 0.804. The molecule has 7 heteroatoms. The van der Waals surface area contributed by atoms with Crippen molar-refractivity contribution >= 4 is 23.2 Å². The Morgan fingerprint density at radius 3 is 2.67 bits per heavy atom. The van der Waals surface area contributed by atoms with Crippen molar-refractivity contribution in [1.29, 1.82) is 0 Å². The maximum Gasteiger partial charge on any atom is 0.257 e. The smallest absolute Gasteiger partial charge is 0.257 e. The molecule has 0 saturated carbocycles. The second-order valence-electron chi connectivity index (χ2n) is 7.09. The zero-order valence-electron chi connectivity index (χ0n) is 15.1. The van der Waals surface area contributed by atoms with Crippen molar-refractivity contribution < 1.29 is 9.53 Å². The standard InChI is InChI=1S/C20H21N3O3S/c1-26-16-7-5-14(6-8-16)19(25)21-20(27)22-10-13-9-15(12-22)17-3-2-4-18(24)23(17)11-13/h2-8,13,15H,9-12H2,1H3,(H,21,25,27)/t13-,15+/m0/s1. The van der Waals surface area contributed by atoms with Crippen LogP contribution in [0.1, 0.15) is 28.4 Å². The van der Waals surface area contributed by atoms with Gasteiger partial charge in [0.2, 0.25) is 0 Å². The van der Waals surface area contributed by atoms with Gasteiger partial charge in [-0.2, -0.15) is 0 Å². The van der Waals surface area contributed by atoms with Gasteiger partial charge in [0.25, 0.3) is 11.5 Å². The minimum atomic E-state index is -0.227. The van der Waals surface area contributed by atoms with Crippen molar-refractivity contribution in [3.8, 4) is 5.75 Å². The van der Waals surface area contributed by atoms with Crippen molar-refractivity contribution in [2.75, 3.05) is 20.2 Å². The van der Waals surface area contributed by atoms with Gasteiger partial charge in [-0.25, -0.2) is 0 Å². The summed E-state index contributed by atoms with van der Waals surface area (Å²) in [6, 6.07) is 12.4. The number of hydrogen-bond donors (Lipinski definition) is 1. The number of ether oxygens (including phenoxy) is 1. The third kappa shape index (κ3) is 3.47. The van der Waals surface area contributed by atoms with Crippen LogP contribution < -0.4 is 15.6 Å². The highest BCUT2D eigenvalue weighted by molar-refractivity contribution is 7.80. The molecule has 0 spiro atoms. The molecular formula is C20H21N3O3S. The van der Waals surface area contributed by atoms with Crippen LogP contribution in [0.5, 0.6) is 5.75 Å². The van der Waals surface area contributed by atoms with Crippen LogP contribution in [0.15, 0.2) is 47.3 Å². The summed E-state index contributed by atoms with van der Waals surface area (Å²) in [4.78, 5) is 26.6. The lowest BCUT2D eigenvalue weighted by molar-refractivity contribution is 0.0968. The first-order valence-corrected chi connectivity index (χ1v) is 9.40. The lowest BCUT2D eigenvalue weighted by atomic mass is 9.83. The lowest BCUT2D eigenvalue weighted by Crippen LogP contribution is -2.52. The third-order valence-electron chi connectivity index (χ3n) is 5.34. The number of benzene rings is 1. The molecule has 1 aromatic carbocycles. The van der Waals surface area contributed by atoms with Gasteiger partial charge < -0.3 is 14.2 Å². The van der Waals surface area contributed by atoms with Crippen LogP contribution in [0.25, 0.3) is 0 Å². The molecular weight excluding hydrogens is 362 g/mol. The number of methoxy groups -OCH3 is 1. The summed E-state index contributed by atoms with van der Waals surface area (Å²) in [5, 5.41) is 3.28. The Bertz CT molecular complexity index is 938. The number of thiocarbonyl (C=S) groups is 1. The summed E-state index contributed by atoms with van der Waals surface area (Å²) in [5.41, 5.74) is 1.66. The molecule has 4 rings (SSSR count). The van der Waals surface area contributed by atoms with Gasteiger partial charge in [-0.3, -0.25) is 14.9 Å². The van der Waals surface area contributed by atoms with Gasteiger partial charge in [0, 0.05) is 42.9 Å².